The standard InChI is InChI=1S/C6H7P.Ru/c7-6-4-2-1-3-5-6;/h1-5H,7H2;/q;+2. The Morgan fingerprint density at radius 3 is 1.75 bits per heavy atom. The molecule has 0 aromatic heterocycles. The molecule has 0 fully saturated rings. The fourth-order valence-corrected chi connectivity index (χ4v) is 0.675. The van der Waals surface area contributed by atoms with Crippen molar-refractivity contribution in [1.29, 1.82) is 0 Å². The first-order valence-electron chi connectivity index (χ1n) is 2.20. The van der Waals surface area contributed by atoms with Gasteiger partial charge in [-0.3, -0.25) is 0 Å². The van der Waals surface area contributed by atoms with Crippen molar-refractivity contribution in [3.63, 3.8) is 0 Å². The zero-order chi connectivity index (χ0) is 5.11. The summed E-state index contributed by atoms with van der Waals surface area (Å²) >= 11 is 0. The van der Waals surface area contributed by atoms with Crippen molar-refractivity contribution in [2.75, 3.05) is 0 Å². The van der Waals surface area contributed by atoms with Crippen LogP contribution in [0.3, 0.4) is 0 Å². The predicted molar refractivity (Wildman–Crippen MR) is 35.8 cm³/mol. The van der Waals surface area contributed by atoms with Crippen LogP contribution in [0.15, 0.2) is 30.3 Å². The van der Waals surface area contributed by atoms with Crippen LogP contribution in [0.25, 0.3) is 0 Å². The van der Waals surface area contributed by atoms with Crippen LogP contribution in [0.1, 0.15) is 0 Å². The molecule has 0 radical (unpaired) electrons. The molecule has 1 unspecified atom stereocenters. The van der Waals surface area contributed by atoms with Gasteiger partial charge in [0.05, 0.1) is 0 Å². The van der Waals surface area contributed by atoms with E-state index in [0.29, 0.717) is 0 Å². The second kappa shape index (κ2) is 4.18. The van der Waals surface area contributed by atoms with Gasteiger partial charge in [0.15, 0.2) is 0 Å². The molecule has 1 aromatic carbocycles. The van der Waals surface area contributed by atoms with E-state index in [1.807, 2.05) is 30.3 Å². The zero-order valence-corrected chi connectivity index (χ0v) is 7.21. The minimum Gasteiger partial charge on any atom is -0.106 e. The van der Waals surface area contributed by atoms with Crippen molar-refractivity contribution >= 4 is 14.5 Å². The van der Waals surface area contributed by atoms with Gasteiger partial charge in [0.1, 0.15) is 0 Å². The topological polar surface area (TPSA) is 0 Å². The molecule has 0 saturated heterocycles. The van der Waals surface area contributed by atoms with Gasteiger partial charge in [-0.25, -0.2) is 0 Å². The molecule has 0 aliphatic heterocycles. The molecule has 0 saturated carbocycles. The summed E-state index contributed by atoms with van der Waals surface area (Å²) in [5, 5.41) is 1.24. The molecule has 0 spiro atoms. The normalized spacial score (nSPS) is 7.62. The largest absolute Gasteiger partial charge is 2.00 e. The summed E-state index contributed by atoms with van der Waals surface area (Å²) in [5.41, 5.74) is 0. The summed E-state index contributed by atoms with van der Waals surface area (Å²) in [6, 6.07) is 10.1. The third-order valence-corrected chi connectivity index (χ3v) is 1.18. The third-order valence-electron chi connectivity index (χ3n) is 0.800. The predicted octanol–water partition coefficient (Wildman–Crippen LogP) is 1.18. The molecule has 8 heavy (non-hydrogen) atoms. The Labute approximate surface area is 64.6 Å². The van der Waals surface area contributed by atoms with Crippen LogP contribution in [0, 0.1) is 0 Å². The summed E-state index contributed by atoms with van der Waals surface area (Å²) in [4.78, 5) is 0. The van der Waals surface area contributed by atoms with E-state index in [4.69, 9.17) is 0 Å². The molecular weight excluding hydrogens is 204 g/mol. The van der Waals surface area contributed by atoms with Gasteiger partial charge in [-0.05, 0) is 5.30 Å². The van der Waals surface area contributed by atoms with Crippen LogP contribution in [0.2, 0.25) is 0 Å². The second-order valence-corrected chi connectivity index (χ2v) is 2.08. The first-order chi connectivity index (χ1) is 3.39. The fraction of sp³-hybridized carbons (Fsp3) is 0. The van der Waals surface area contributed by atoms with Crippen molar-refractivity contribution in [1.82, 2.24) is 0 Å². The van der Waals surface area contributed by atoms with Crippen molar-refractivity contribution in [2.24, 2.45) is 0 Å². The van der Waals surface area contributed by atoms with E-state index >= 15 is 0 Å². The SMILES string of the molecule is Pc1ccccc1.[Ru+2]. The van der Waals surface area contributed by atoms with Gasteiger partial charge in [-0.15, -0.1) is 9.24 Å². The maximum atomic E-state index is 2.63. The van der Waals surface area contributed by atoms with E-state index < -0.39 is 0 Å². The zero-order valence-electron chi connectivity index (χ0n) is 4.32. The van der Waals surface area contributed by atoms with E-state index in [0.717, 1.165) is 0 Å². The molecule has 1 rings (SSSR count). The molecular formula is C6H7PRu+2. The molecule has 0 aliphatic rings. The quantitative estimate of drug-likeness (QED) is 0.446. The molecule has 2 heteroatoms. The average molecular weight is 211 g/mol. The average Bonchev–Trinajstić information content (AvgIpc) is 1.69. The van der Waals surface area contributed by atoms with Crippen LogP contribution in [-0.2, 0) is 19.5 Å². The van der Waals surface area contributed by atoms with Crippen LogP contribution in [0.4, 0.5) is 0 Å². The Bertz CT molecular complexity index is 138. The Morgan fingerprint density at radius 2 is 1.50 bits per heavy atom. The minimum atomic E-state index is 0. The minimum absolute atomic E-state index is 0. The first kappa shape index (κ1) is 8.27. The van der Waals surface area contributed by atoms with E-state index in [1.54, 1.807) is 0 Å². The van der Waals surface area contributed by atoms with Crippen molar-refractivity contribution in [2.45, 2.75) is 0 Å². The maximum absolute atomic E-state index is 2.63. The molecule has 0 aliphatic carbocycles. The monoisotopic (exact) mass is 212 g/mol. The van der Waals surface area contributed by atoms with Crippen LogP contribution < -0.4 is 5.30 Å². The van der Waals surface area contributed by atoms with Crippen LogP contribution in [-0.4, -0.2) is 0 Å². The van der Waals surface area contributed by atoms with Gasteiger partial charge >= 0.3 is 19.5 Å². The van der Waals surface area contributed by atoms with Gasteiger partial charge in [-0.2, -0.15) is 0 Å². The van der Waals surface area contributed by atoms with Crippen LogP contribution >= 0.6 is 9.24 Å². The Hall–Kier alpha value is 0.273. The van der Waals surface area contributed by atoms with E-state index in [9.17, 15) is 0 Å². The Morgan fingerprint density at radius 1 is 1.00 bits per heavy atom. The number of hydrogen-bond donors (Lipinski definition) is 0. The Balaban J connectivity index is 0.000000490. The van der Waals surface area contributed by atoms with Gasteiger partial charge in [-0.1, -0.05) is 30.3 Å². The Kier molecular flexibility index (Phi) is 4.32. The molecule has 0 amide bonds. The van der Waals surface area contributed by atoms with E-state index in [1.165, 1.54) is 5.30 Å². The molecule has 0 nitrogen and oxygen atoms in total. The molecule has 1 atom stereocenters. The van der Waals surface area contributed by atoms with Gasteiger partial charge < -0.3 is 0 Å². The molecule has 42 valence electrons. The van der Waals surface area contributed by atoms with E-state index in [2.05, 4.69) is 9.24 Å². The summed E-state index contributed by atoms with van der Waals surface area (Å²) in [7, 11) is 2.63. The number of hydrogen-bond acceptors (Lipinski definition) is 0. The molecule has 0 heterocycles. The summed E-state index contributed by atoms with van der Waals surface area (Å²) in [5.74, 6) is 0. The van der Waals surface area contributed by atoms with Gasteiger partial charge in [0, 0.05) is 0 Å². The van der Waals surface area contributed by atoms with Gasteiger partial charge in [0.2, 0.25) is 0 Å². The number of benzene rings is 1. The third kappa shape index (κ3) is 2.55. The molecule has 1 aromatic rings. The summed E-state index contributed by atoms with van der Waals surface area (Å²) < 4.78 is 0. The smallest absolute Gasteiger partial charge is 0.106 e. The van der Waals surface area contributed by atoms with Crippen LogP contribution in [0.5, 0.6) is 0 Å². The molecule has 0 N–H and O–H groups in total. The summed E-state index contributed by atoms with van der Waals surface area (Å²) in [6.45, 7) is 0. The van der Waals surface area contributed by atoms with Crippen molar-refractivity contribution in [3.8, 4) is 0 Å². The van der Waals surface area contributed by atoms with E-state index in [-0.39, 0.29) is 19.5 Å². The summed E-state index contributed by atoms with van der Waals surface area (Å²) in [6.07, 6.45) is 0. The maximum Gasteiger partial charge on any atom is 2.00 e. The molecule has 0 bridgehead atoms. The van der Waals surface area contributed by atoms with Gasteiger partial charge in [0.25, 0.3) is 0 Å². The fourth-order valence-electron chi connectivity index (χ4n) is 0.453. The first-order valence-corrected chi connectivity index (χ1v) is 2.78. The number of rotatable bonds is 0. The van der Waals surface area contributed by atoms with Crippen molar-refractivity contribution < 1.29 is 19.5 Å². The van der Waals surface area contributed by atoms with Crippen molar-refractivity contribution in [3.05, 3.63) is 30.3 Å². The second-order valence-electron chi connectivity index (χ2n) is 1.41.